The van der Waals surface area contributed by atoms with Crippen molar-refractivity contribution >= 4 is 16.9 Å². The van der Waals surface area contributed by atoms with Gasteiger partial charge in [-0.15, -0.1) is 0 Å². The van der Waals surface area contributed by atoms with Gasteiger partial charge in [-0.25, -0.2) is 0 Å². The Bertz CT molecular complexity index is 572. The minimum atomic E-state index is -0.131. The molecule has 0 fully saturated rings. The standard InChI is InChI=1S/C11H11NO3/c1-6-3-7(14-2)4-9-11(6)8(13)5-10(12)15-9/h3-5H,12H2,1-2H3. The van der Waals surface area contributed by atoms with Crippen LogP contribution in [-0.2, 0) is 0 Å². The van der Waals surface area contributed by atoms with Crippen LogP contribution in [-0.4, -0.2) is 7.11 Å². The summed E-state index contributed by atoms with van der Waals surface area (Å²) in [6.07, 6.45) is 0. The molecule has 2 N–H and O–H groups in total. The van der Waals surface area contributed by atoms with Crippen molar-refractivity contribution in [2.75, 3.05) is 12.8 Å². The van der Waals surface area contributed by atoms with E-state index in [4.69, 9.17) is 14.9 Å². The van der Waals surface area contributed by atoms with Gasteiger partial charge < -0.3 is 14.9 Å². The van der Waals surface area contributed by atoms with Gasteiger partial charge in [0.25, 0.3) is 0 Å². The minimum absolute atomic E-state index is 0.111. The number of benzene rings is 1. The van der Waals surface area contributed by atoms with Crippen LogP contribution in [0.2, 0.25) is 0 Å². The van der Waals surface area contributed by atoms with Crippen molar-refractivity contribution in [2.24, 2.45) is 0 Å². The third kappa shape index (κ3) is 1.54. The molecule has 0 saturated heterocycles. The Morgan fingerprint density at radius 3 is 2.73 bits per heavy atom. The second-order valence-corrected chi connectivity index (χ2v) is 3.33. The predicted molar refractivity (Wildman–Crippen MR) is 58.2 cm³/mol. The molecule has 2 rings (SSSR count). The van der Waals surface area contributed by atoms with Crippen LogP contribution in [0.25, 0.3) is 11.0 Å². The Morgan fingerprint density at radius 1 is 1.33 bits per heavy atom. The fourth-order valence-corrected chi connectivity index (χ4v) is 1.59. The molecule has 0 aliphatic carbocycles. The Hall–Kier alpha value is -1.97. The van der Waals surface area contributed by atoms with E-state index in [9.17, 15) is 4.79 Å². The van der Waals surface area contributed by atoms with Crippen LogP contribution >= 0.6 is 0 Å². The molecule has 0 atom stereocenters. The van der Waals surface area contributed by atoms with Crippen molar-refractivity contribution in [2.45, 2.75) is 6.92 Å². The maximum atomic E-state index is 11.6. The highest BCUT2D eigenvalue weighted by Crippen LogP contribution is 2.23. The zero-order valence-corrected chi connectivity index (χ0v) is 8.53. The van der Waals surface area contributed by atoms with Crippen LogP contribution in [0.15, 0.2) is 27.4 Å². The molecule has 4 nitrogen and oxygen atoms in total. The molecule has 0 unspecified atom stereocenters. The third-order valence-corrected chi connectivity index (χ3v) is 2.26. The van der Waals surface area contributed by atoms with E-state index in [1.807, 2.05) is 6.92 Å². The number of nitrogens with two attached hydrogens (primary N) is 1. The summed E-state index contributed by atoms with van der Waals surface area (Å²) in [5.74, 6) is 0.758. The highest BCUT2D eigenvalue weighted by molar-refractivity contribution is 5.82. The average Bonchev–Trinajstić information content (AvgIpc) is 2.15. The Labute approximate surface area is 86.3 Å². The van der Waals surface area contributed by atoms with Gasteiger partial charge in [0.1, 0.15) is 11.3 Å². The first-order valence-electron chi connectivity index (χ1n) is 4.50. The Morgan fingerprint density at radius 2 is 2.07 bits per heavy atom. The molecule has 0 radical (unpaired) electrons. The van der Waals surface area contributed by atoms with Crippen molar-refractivity contribution < 1.29 is 9.15 Å². The number of methoxy groups -OCH3 is 1. The zero-order valence-electron chi connectivity index (χ0n) is 8.53. The summed E-state index contributed by atoms with van der Waals surface area (Å²) in [5.41, 5.74) is 6.60. The Kier molecular flexibility index (Phi) is 2.11. The van der Waals surface area contributed by atoms with Gasteiger partial charge >= 0.3 is 0 Å². The summed E-state index contributed by atoms with van der Waals surface area (Å²) in [4.78, 5) is 11.6. The lowest BCUT2D eigenvalue weighted by Crippen LogP contribution is -2.03. The maximum absolute atomic E-state index is 11.6. The summed E-state index contributed by atoms with van der Waals surface area (Å²) >= 11 is 0. The number of nitrogen functional groups attached to an aromatic ring is 1. The van der Waals surface area contributed by atoms with Crippen molar-refractivity contribution in [1.82, 2.24) is 0 Å². The molecule has 4 heteroatoms. The zero-order chi connectivity index (χ0) is 11.0. The highest BCUT2D eigenvalue weighted by Gasteiger charge is 2.07. The maximum Gasteiger partial charge on any atom is 0.195 e. The molecule has 0 saturated carbocycles. The van der Waals surface area contributed by atoms with Crippen LogP contribution in [0.3, 0.4) is 0 Å². The lowest BCUT2D eigenvalue weighted by Gasteiger charge is -2.05. The number of aryl methyl sites for hydroxylation is 1. The van der Waals surface area contributed by atoms with Crippen LogP contribution in [0.5, 0.6) is 5.75 Å². The molecule has 1 aromatic heterocycles. The normalized spacial score (nSPS) is 10.5. The topological polar surface area (TPSA) is 65.5 Å². The monoisotopic (exact) mass is 205 g/mol. The van der Waals surface area contributed by atoms with Gasteiger partial charge in [0.05, 0.1) is 12.5 Å². The first kappa shape index (κ1) is 9.58. The molecule has 0 aliphatic heterocycles. The van der Waals surface area contributed by atoms with Gasteiger partial charge in [-0.3, -0.25) is 4.79 Å². The quantitative estimate of drug-likeness (QED) is 0.769. The highest BCUT2D eigenvalue weighted by atomic mass is 16.5. The smallest absolute Gasteiger partial charge is 0.195 e. The molecule has 0 bridgehead atoms. The lowest BCUT2D eigenvalue weighted by atomic mass is 10.1. The van der Waals surface area contributed by atoms with Crippen LogP contribution in [0, 0.1) is 6.92 Å². The van der Waals surface area contributed by atoms with Crippen LogP contribution in [0.1, 0.15) is 5.56 Å². The number of rotatable bonds is 1. The van der Waals surface area contributed by atoms with Gasteiger partial charge in [0, 0.05) is 12.1 Å². The van der Waals surface area contributed by atoms with Gasteiger partial charge in [0.15, 0.2) is 11.3 Å². The molecule has 0 spiro atoms. The Balaban J connectivity index is 2.91. The van der Waals surface area contributed by atoms with E-state index in [0.29, 0.717) is 16.7 Å². The molecular weight excluding hydrogens is 194 g/mol. The fourth-order valence-electron chi connectivity index (χ4n) is 1.59. The summed E-state index contributed by atoms with van der Waals surface area (Å²) in [6.45, 7) is 1.83. The van der Waals surface area contributed by atoms with E-state index in [1.165, 1.54) is 6.07 Å². The molecule has 1 heterocycles. The average molecular weight is 205 g/mol. The SMILES string of the molecule is COc1cc(C)c2c(=O)cc(N)oc2c1. The van der Waals surface area contributed by atoms with E-state index in [-0.39, 0.29) is 11.3 Å². The predicted octanol–water partition coefficient (Wildman–Crippen LogP) is 1.69. The van der Waals surface area contributed by atoms with Crippen molar-refractivity contribution in [3.05, 3.63) is 34.0 Å². The first-order chi connectivity index (χ1) is 7.11. The van der Waals surface area contributed by atoms with Gasteiger partial charge in [-0.05, 0) is 18.6 Å². The van der Waals surface area contributed by atoms with E-state index in [1.54, 1.807) is 19.2 Å². The largest absolute Gasteiger partial charge is 0.497 e. The van der Waals surface area contributed by atoms with Crippen molar-refractivity contribution in [3.8, 4) is 5.75 Å². The van der Waals surface area contributed by atoms with Crippen molar-refractivity contribution in [1.29, 1.82) is 0 Å². The fraction of sp³-hybridized carbons (Fsp3) is 0.182. The van der Waals surface area contributed by atoms with Crippen LogP contribution < -0.4 is 15.9 Å². The first-order valence-corrected chi connectivity index (χ1v) is 4.50. The lowest BCUT2D eigenvalue weighted by molar-refractivity contribution is 0.414. The van der Waals surface area contributed by atoms with Gasteiger partial charge in [-0.2, -0.15) is 0 Å². The molecule has 0 aliphatic rings. The summed E-state index contributed by atoms with van der Waals surface area (Å²) in [5, 5.41) is 0.546. The summed E-state index contributed by atoms with van der Waals surface area (Å²) in [7, 11) is 1.56. The van der Waals surface area contributed by atoms with E-state index in [2.05, 4.69) is 0 Å². The van der Waals surface area contributed by atoms with E-state index < -0.39 is 0 Å². The van der Waals surface area contributed by atoms with Gasteiger partial charge in [0.2, 0.25) is 0 Å². The molecule has 78 valence electrons. The van der Waals surface area contributed by atoms with Gasteiger partial charge in [-0.1, -0.05) is 0 Å². The van der Waals surface area contributed by atoms with Crippen LogP contribution in [0.4, 0.5) is 5.88 Å². The molecule has 1 aromatic carbocycles. The van der Waals surface area contributed by atoms with E-state index >= 15 is 0 Å². The third-order valence-electron chi connectivity index (χ3n) is 2.26. The molecule has 2 aromatic rings. The molecule has 0 amide bonds. The number of anilines is 1. The second kappa shape index (κ2) is 3.31. The number of fused-ring (bicyclic) bond motifs is 1. The van der Waals surface area contributed by atoms with Crippen molar-refractivity contribution in [3.63, 3.8) is 0 Å². The minimum Gasteiger partial charge on any atom is -0.497 e. The van der Waals surface area contributed by atoms with E-state index in [0.717, 1.165) is 5.56 Å². The second-order valence-electron chi connectivity index (χ2n) is 3.33. The summed E-state index contributed by atoms with van der Waals surface area (Å²) in [6, 6.07) is 4.72. The number of ether oxygens (including phenoxy) is 1. The number of hydrogen-bond acceptors (Lipinski definition) is 4. The summed E-state index contributed by atoms with van der Waals surface area (Å²) < 4.78 is 10.3. The molecular formula is C11H11NO3. The molecule has 15 heavy (non-hydrogen) atoms. The number of hydrogen-bond donors (Lipinski definition) is 1.